The number of aromatic nitrogens is 1. The number of rotatable bonds is 4. The first-order chi connectivity index (χ1) is 9.55. The minimum Gasteiger partial charge on any atom is -0.263 e. The van der Waals surface area contributed by atoms with E-state index < -0.39 is 9.84 Å². The Morgan fingerprint density at radius 1 is 1.35 bits per heavy atom. The third-order valence-corrected chi connectivity index (χ3v) is 6.25. The van der Waals surface area contributed by atoms with Gasteiger partial charge in [0.25, 0.3) is 0 Å². The van der Waals surface area contributed by atoms with Gasteiger partial charge in [-0.3, -0.25) is 4.98 Å². The Balaban J connectivity index is 2.28. The van der Waals surface area contributed by atoms with Crippen LogP contribution in [-0.4, -0.2) is 18.7 Å². The van der Waals surface area contributed by atoms with E-state index in [4.69, 9.17) is 5.26 Å². The van der Waals surface area contributed by atoms with Crippen molar-refractivity contribution in [3.8, 4) is 6.07 Å². The van der Waals surface area contributed by atoms with Gasteiger partial charge in [-0.15, -0.1) is 0 Å². The van der Waals surface area contributed by atoms with Crippen molar-refractivity contribution in [1.82, 2.24) is 4.98 Å². The van der Waals surface area contributed by atoms with Gasteiger partial charge in [0.1, 0.15) is 0 Å². The molecule has 0 radical (unpaired) electrons. The molecule has 2 rings (SSSR count). The fourth-order valence-electron chi connectivity index (χ4n) is 2.68. The number of hydrogen-bond acceptors (Lipinski definition) is 4. The van der Waals surface area contributed by atoms with Crippen LogP contribution in [0.25, 0.3) is 0 Å². The topological polar surface area (TPSA) is 70.8 Å². The molecule has 4 nitrogen and oxygen atoms in total. The Morgan fingerprint density at radius 3 is 2.70 bits per heavy atom. The molecule has 1 aliphatic rings. The van der Waals surface area contributed by atoms with Gasteiger partial charge in [-0.05, 0) is 30.4 Å². The van der Waals surface area contributed by atoms with Gasteiger partial charge in [-0.25, -0.2) is 8.42 Å². The zero-order valence-electron chi connectivity index (χ0n) is 11.7. The van der Waals surface area contributed by atoms with Crippen LogP contribution in [-0.2, 0) is 9.84 Å². The van der Waals surface area contributed by atoms with Gasteiger partial charge in [0.05, 0.1) is 16.2 Å². The van der Waals surface area contributed by atoms with Crippen LogP contribution in [0.1, 0.15) is 56.9 Å². The highest BCUT2D eigenvalue weighted by Crippen LogP contribution is 2.29. The lowest BCUT2D eigenvalue weighted by Gasteiger charge is -2.22. The molecule has 1 fully saturated rings. The van der Waals surface area contributed by atoms with Gasteiger partial charge < -0.3 is 0 Å². The zero-order valence-corrected chi connectivity index (χ0v) is 12.6. The maximum absolute atomic E-state index is 12.6. The lowest BCUT2D eigenvalue weighted by atomic mass is 10.0. The van der Waals surface area contributed by atoms with Crippen molar-refractivity contribution in [2.24, 2.45) is 0 Å². The fourth-order valence-corrected chi connectivity index (χ4v) is 4.53. The summed E-state index contributed by atoms with van der Waals surface area (Å²) >= 11 is 0. The fraction of sp³-hybridized carbons (Fsp3) is 0.600. The highest BCUT2D eigenvalue weighted by molar-refractivity contribution is 7.92. The van der Waals surface area contributed by atoms with Crippen molar-refractivity contribution < 1.29 is 8.42 Å². The van der Waals surface area contributed by atoms with Crippen LogP contribution in [0.4, 0.5) is 0 Å². The van der Waals surface area contributed by atoms with Crippen LogP contribution >= 0.6 is 0 Å². The van der Waals surface area contributed by atoms with Crippen LogP contribution in [0.15, 0.2) is 23.4 Å². The summed E-state index contributed by atoms with van der Waals surface area (Å²) in [6, 6.07) is 3.80. The quantitative estimate of drug-likeness (QED) is 0.854. The molecular formula is C15H20N2O2S. The van der Waals surface area contributed by atoms with Gasteiger partial charge in [-0.2, -0.15) is 5.26 Å². The molecule has 108 valence electrons. The Bertz CT molecular complexity index is 599. The Hall–Kier alpha value is -1.41. The molecule has 0 amide bonds. The lowest BCUT2D eigenvalue weighted by molar-refractivity contribution is 0.483. The van der Waals surface area contributed by atoms with Gasteiger partial charge in [0, 0.05) is 18.8 Å². The van der Waals surface area contributed by atoms with Crippen molar-refractivity contribution >= 4 is 9.84 Å². The first-order valence-corrected chi connectivity index (χ1v) is 8.66. The first-order valence-electron chi connectivity index (χ1n) is 7.11. The van der Waals surface area contributed by atoms with Crippen LogP contribution < -0.4 is 0 Å². The molecular weight excluding hydrogens is 272 g/mol. The standard InChI is InChI=1S/C15H20N2O2S/c1-12(7-8-16)13-9-15(11-17-10-13)20(18,19)14-5-3-2-4-6-14/h9-12,14H,2-7H2,1H3. The van der Waals surface area contributed by atoms with E-state index in [1.54, 1.807) is 12.3 Å². The molecule has 0 saturated heterocycles. The van der Waals surface area contributed by atoms with E-state index in [0.29, 0.717) is 11.3 Å². The normalized spacial score (nSPS) is 18.4. The zero-order chi connectivity index (χ0) is 14.6. The number of hydrogen-bond donors (Lipinski definition) is 0. The minimum atomic E-state index is -3.28. The number of sulfone groups is 1. The Kier molecular flexibility index (Phi) is 4.77. The van der Waals surface area contributed by atoms with E-state index in [1.807, 2.05) is 6.92 Å². The van der Waals surface area contributed by atoms with E-state index in [0.717, 1.165) is 37.7 Å². The first kappa shape index (κ1) is 15.0. The maximum atomic E-state index is 12.6. The van der Waals surface area contributed by atoms with E-state index >= 15 is 0 Å². The van der Waals surface area contributed by atoms with Crippen molar-refractivity contribution in [3.05, 3.63) is 24.0 Å². The highest BCUT2D eigenvalue weighted by atomic mass is 32.2. The molecule has 1 aromatic heterocycles. The molecule has 0 N–H and O–H groups in total. The summed E-state index contributed by atoms with van der Waals surface area (Å²) < 4.78 is 25.2. The van der Waals surface area contributed by atoms with Crippen molar-refractivity contribution in [2.75, 3.05) is 0 Å². The van der Waals surface area contributed by atoms with Gasteiger partial charge >= 0.3 is 0 Å². The summed E-state index contributed by atoms with van der Waals surface area (Å²) in [5.41, 5.74) is 0.823. The smallest absolute Gasteiger partial charge is 0.182 e. The van der Waals surface area contributed by atoms with E-state index in [9.17, 15) is 8.42 Å². The molecule has 1 aromatic rings. The molecule has 1 unspecified atom stereocenters. The van der Waals surface area contributed by atoms with Gasteiger partial charge in [0.2, 0.25) is 0 Å². The van der Waals surface area contributed by atoms with Crippen molar-refractivity contribution in [1.29, 1.82) is 5.26 Å². The molecule has 0 spiro atoms. The molecule has 1 heterocycles. The van der Waals surface area contributed by atoms with Crippen LogP contribution in [0.5, 0.6) is 0 Å². The molecule has 0 bridgehead atoms. The van der Waals surface area contributed by atoms with E-state index in [-0.39, 0.29) is 11.2 Å². The van der Waals surface area contributed by atoms with Crippen LogP contribution in [0.3, 0.4) is 0 Å². The third-order valence-electron chi connectivity index (χ3n) is 4.02. The molecule has 1 atom stereocenters. The largest absolute Gasteiger partial charge is 0.263 e. The highest BCUT2D eigenvalue weighted by Gasteiger charge is 2.29. The molecule has 20 heavy (non-hydrogen) atoms. The van der Waals surface area contributed by atoms with E-state index in [1.165, 1.54) is 6.20 Å². The molecule has 0 aromatic carbocycles. The second-order valence-electron chi connectivity index (χ2n) is 5.52. The number of nitrogens with zero attached hydrogens (tertiary/aromatic N) is 2. The molecule has 0 aliphatic heterocycles. The van der Waals surface area contributed by atoms with Gasteiger partial charge in [-0.1, -0.05) is 26.2 Å². The summed E-state index contributed by atoms with van der Waals surface area (Å²) in [5, 5.41) is 8.48. The summed E-state index contributed by atoms with van der Waals surface area (Å²) in [5.74, 6) is 0.00834. The number of pyridine rings is 1. The van der Waals surface area contributed by atoms with Crippen molar-refractivity contribution in [2.45, 2.75) is 61.5 Å². The SMILES string of the molecule is CC(CC#N)c1cncc(S(=O)(=O)C2CCCCC2)c1. The second-order valence-corrected chi connectivity index (χ2v) is 7.75. The van der Waals surface area contributed by atoms with Gasteiger partial charge in [0.15, 0.2) is 9.84 Å². The number of nitriles is 1. The third kappa shape index (κ3) is 3.18. The van der Waals surface area contributed by atoms with Crippen LogP contribution in [0, 0.1) is 11.3 Å². The predicted octanol–water partition coefficient (Wildman–Crippen LogP) is 3.21. The summed E-state index contributed by atoms with van der Waals surface area (Å²) in [4.78, 5) is 4.37. The molecule has 1 aliphatic carbocycles. The summed E-state index contributed by atoms with van der Waals surface area (Å²) in [6.07, 6.45) is 8.07. The summed E-state index contributed by atoms with van der Waals surface area (Å²) in [7, 11) is -3.28. The Morgan fingerprint density at radius 2 is 2.05 bits per heavy atom. The average molecular weight is 292 g/mol. The lowest BCUT2D eigenvalue weighted by Crippen LogP contribution is -2.24. The maximum Gasteiger partial charge on any atom is 0.182 e. The van der Waals surface area contributed by atoms with Crippen LogP contribution in [0.2, 0.25) is 0 Å². The Labute approximate surface area is 120 Å². The molecule has 1 saturated carbocycles. The predicted molar refractivity (Wildman–Crippen MR) is 76.9 cm³/mol. The average Bonchev–Trinajstić information content (AvgIpc) is 2.48. The summed E-state index contributed by atoms with van der Waals surface area (Å²) in [6.45, 7) is 1.91. The minimum absolute atomic E-state index is 0.00834. The second kappa shape index (κ2) is 6.36. The molecule has 5 heteroatoms. The van der Waals surface area contributed by atoms with Crippen molar-refractivity contribution in [3.63, 3.8) is 0 Å². The van der Waals surface area contributed by atoms with E-state index in [2.05, 4.69) is 11.1 Å². The monoisotopic (exact) mass is 292 g/mol.